The minimum atomic E-state index is 0.388. The van der Waals surface area contributed by atoms with E-state index in [-0.39, 0.29) is 0 Å². The highest BCUT2D eigenvalue weighted by Gasteiger charge is 2.24. The molecule has 0 atom stereocenters. The third-order valence-electron chi connectivity index (χ3n) is 4.19. The van der Waals surface area contributed by atoms with Crippen LogP contribution < -0.4 is 5.32 Å². The molecule has 2 aromatic rings. The average Bonchev–Trinajstić information content (AvgIpc) is 3.02. The fourth-order valence-corrected chi connectivity index (χ4v) is 4.31. The maximum atomic E-state index is 3.65. The normalized spacial score (nSPS) is 11.8. The van der Waals surface area contributed by atoms with Gasteiger partial charge in [0.25, 0.3) is 0 Å². The lowest BCUT2D eigenvalue weighted by molar-refractivity contribution is 0.496. The van der Waals surface area contributed by atoms with Crippen molar-refractivity contribution in [1.29, 1.82) is 0 Å². The molecule has 1 aromatic carbocycles. The highest BCUT2D eigenvalue weighted by Crippen LogP contribution is 2.30. The first kappa shape index (κ1) is 16.6. The molecule has 2 rings (SSSR count). The van der Waals surface area contributed by atoms with Gasteiger partial charge in [0.1, 0.15) is 0 Å². The van der Waals surface area contributed by atoms with E-state index in [9.17, 15) is 0 Å². The maximum Gasteiger partial charge on any atom is 0.0346 e. The molecule has 1 heterocycles. The van der Waals surface area contributed by atoms with Crippen molar-refractivity contribution < 1.29 is 0 Å². The van der Waals surface area contributed by atoms with E-state index in [4.69, 9.17) is 0 Å². The number of hydrogen-bond donors (Lipinski definition) is 1. The summed E-state index contributed by atoms with van der Waals surface area (Å²) in [5.74, 6) is 0. The van der Waals surface area contributed by atoms with Crippen LogP contribution in [-0.2, 0) is 6.54 Å². The third-order valence-corrected chi connectivity index (χ3v) is 6.91. The zero-order valence-corrected chi connectivity index (χ0v) is 14.8. The number of nitrogens with one attached hydrogen (secondary N) is 1. The third kappa shape index (κ3) is 4.35. The highest BCUT2D eigenvalue weighted by molar-refractivity contribution is 8.00. The van der Waals surface area contributed by atoms with Crippen LogP contribution in [0.1, 0.15) is 31.6 Å². The highest BCUT2D eigenvalue weighted by atomic mass is 32.2. The number of thiophene rings is 1. The van der Waals surface area contributed by atoms with E-state index < -0.39 is 0 Å². The molecule has 0 aliphatic carbocycles. The molecule has 1 N–H and O–H groups in total. The Kier molecular flexibility index (Phi) is 6.34. The first-order valence-corrected chi connectivity index (χ1v) is 9.67. The lowest BCUT2D eigenvalue weighted by Crippen LogP contribution is -2.36. The molecule has 1 aromatic heterocycles. The van der Waals surface area contributed by atoms with Gasteiger partial charge in [0.15, 0.2) is 0 Å². The van der Waals surface area contributed by atoms with Gasteiger partial charge in [-0.05, 0) is 36.8 Å². The van der Waals surface area contributed by atoms with Gasteiger partial charge in [-0.25, -0.2) is 0 Å². The molecule has 1 nitrogen and oxygen atoms in total. The van der Waals surface area contributed by atoms with E-state index >= 15 is 0 Å². The van der Waals surface area contributed by atoms with E-state index in [1.807, 2.05) is 23.1 Å². The zero-order chi connectivity index (χ0) is 15.1. The van der Waals surface area contributed by atoms with Gasteiger partial charge in [-0.15, -0.1) is 11.3 Å². The fraction of sp³-hybridized carbons (Fsp3) is 0.444. The minimum Gasteiger partial charge on any atom is -0.310 e. The van der Waals surface area contributed by atoms with Crippen molar-refractivity contribution in [2.75, 3.05) is 12.8 Å². The Labute approximate surface area is 137 Å². The van der Waals surface area contributed by atoms with Crippen LogP contribution in [0.2, 0.25) is 0 Å². The van der Waals surface area contributed by atoms with Gasteiger partial charge in [-0.3, -0.25) is 0 Å². The average molecular weight is 320 g/mol. The minimum absolute atomic E-state index is 0.388. The molecule has 0 amide bonds. The molecule has 114 valence electrons. The number of thioether (sulfide) groups is 1. The molecular formula is C18H25NS2. The second-order valence-corrected chi connectivity index (χ2v) is 7.77. The lowest BCUT2D eigenvalue weighted by atomic mass is 10.0. The number of rotatable bonds is 8. The smallest absolute Gasteiger partial charge is 0.0346 e. The predicted octanol–water partition coefficient (Wildman–Crippen LogP) is 5.43. The van der Waals surface area contributed by atoms with E-state index in [1.165, 1.54) is 28.2 Å². The molecule has 3 heteroatoms. The van der Waals surface area contributed by atoms with E-state index in [0.717, 1.165) is 13.1 Å². The second kappa shape index (κ2) is 8.02. The predicted molar refractivity (Wildman–Crippen MR) is 98.3 cm³/mol. The maximum absolute atomic E-state index is 3.65. The quantitative estimate of drug-likeness (QED) is 0.696. The Bertz CT molecular complexity index is 521. The summed E-state index contributed by atoms with van der Waals surface area (Å²) < 4.78 is 0.388. The largest absolute Gasteiger partial charge is 0.310 e. The standard InChI is InChI=1S/C18H25NS2/c1-4-18(5-2,20-3)14-19-13-16-11-12-17(21-16)15-9-7-6-8-10-15/h6-12,19H,4-5,13-14H2,1-3H3. The summed E-state index contributed by atoms with van der Waals surface area (Å²) in [4.78, 5) is 2.77. The molecule has 0 saturated heterocycles. The topological polar surface area (TPSA) is 12.0 Å². The first-order valence-electron chi connectivity index (χ1n) is 7.63. The van der Waals surface area contributed by atoms with Crippen LogP contribution in [-0.4, -0.2) is 17.5 Å². The van der Waals surface area contributed by atoms with Crippen molar-refractivity contribution in [3.63, 3.8) is 0 Å². The molecule has 0 spiro atoms. The molecule has 21 heavy (non-hydrogen) atoms. The summed E-state index contributed by atoms with van der Waals surface area (Å²) in [6.45, 7) is 6.64. The molecule has 0 radical (unpaired) electrons. The molecule has 0 aliphatic rings. The molecule has 0 fully saturated rings. The Morgan fingerprint density at radius 1 is 1.05 bits per heavy atom. The molecule has 0 saturated carbocycles. The van der Waals surface area contributed by atoms with E-state index in [2.05, 4.69) is 67.9 Å². The van der Waals surface area contributed by atoms with Gasteiger partial charge < -0.3 is 5.32 Å². The fourth-order valence-electron chi connectivity index (χ4n) is 2.50. The zero-order valence-electron chi connectivity index (χ0n) is 13.2. The van der Waals surface area contributed by atoms with Crippen LogP contribution in [0.25, 0.3) is 10.4 Å². The molecule has 0 bridgehead atoms. The van der Waals surface area contributed by atoms with E-state index in [1.54, 1.807) is 0 Å². The van der Waals surface area contributed by atoms with E-state index in [0.29, 0.717) is 4.75 Å². The van der Waals surface area contributed by atoms with Gasteiger partial charge >= 0.3 is 0 Å². The Balaban J connectivity index is 1.92. The second-order valence-electron chi connectivity index (χ2n) is 5.33. The van der Waals surface area contributed by atoms with Crippen molar-refractivity contribution in [2.24, 2.45) is 0 Å². The summed E-state index contributed by atoms with van der Waals surface area (Å²) in [6.07, 6.45) is 4.67. The molecule has 0 unspecified atom stereocenters. The summed E-state index contributed by atoms with van der Waals surface area (Å²) in [5, 5.41) is 3.65. The van der Waals surface area contributed by atoms with Crippen LogP contribution in [0.4, 0.5) is 0 Å². The van der Waals surface area contributed by atoms with Gasteiger partial charge in [0.05, 0.1) is 0 Å². The number of benzene rings is 1. The van der Waals surface area contributed by atoms with Crippen molar-refractivity contribution in [3.05, 3.63) is 47.3 Å². The van der Waals surface area contributed by atoms with Crippen molar-refractivity contribution >= 4 is 23.1 Å². The van der Waals surface area contributed by atoms with Gasteiger partial charge in [-0.1, -0.05) is 44.2 Å². The lowest BCUT2D eigenvalue weighted by Gasteiger charge is -2.29. The molecular weight excluding hydrogens is 294 g/mol. The van der Waals surface area contributed by atoms with Crippen LogP contribution in [0.15, 0.2) is 42.5 Å². The summed E-state index contributed by atoms with van der Waals surface area (Å²) >= 11 is 3.89. The van der Waals surface area contributed by atoms with Crippen LogP contribution in [0.5, 0.6) is 0 Å². The monoisotopic (exact) mass is 319 g/mol. The summed E-state index contributed by atoms with van der Waals surface area (Å²) in [6, 6.07) is 15.1. The SMILES string of the molecule is CCC(CC)(CNCc1ccc(-c2ccccc2)s1)SC. The number of hydrogen-bond acceptors (Lipinski definition) is 3. The van der Waals surface area contributed by atoms with Gasteiger partial charge in [0.2, 0.25) is 0 Å². The van der Waals surface area contributed by atoms with Crippen molar-refractivity contribution in [3.8, 4) is 10.4 Å². The van der Waals surface area contributed by atoms with Crippen LogP contribution in [0, 0.1) is 0 Å². The Morgan fingerprint density at radius 2 is 1.76 bits per heavy atom. The van der Waals surface area contributed by atoms with Crippen LogP contribution >= 0.6 is 23.1 Å². The first-order chi connectivity index (χ1) is 10.2. The van der Waals surface area contributed by atoms with Crippen LogP contribution in [0.3, 0.4) is 0 Å². The Morgan fingerprint density at radius 3 is 2.38 bits per heavy atom. The summed E-state index contributed by atoms with van der Waals surface area (Å²) in [5.41, 5.74) is 1.31. The molecule has 0 aliphatic heterocycles. The van der Waals surface area contributed by atoms with Crippen molar-refractivity contribution in [1.82, 2.24) is 5.32 Å². The van der Waals surface area contributed by atoms with Gasteiger partial charge in [-0.2, -0.15) is 11.8 Å². The van der Waals surface area contributed by atoms with Gasteiger partial charge in [0, 0.05) is 27.6 Å². The summed E-state index contributed by atoms with van der Waals surface area (Å²) in [7, 11) is 0. The van der Waals surface area contributed by atoms with Crippen molar-refractivity contribution in [2.45, 2.75) is 38.0 Å². The Hall–Kier alpha value is -0.770.